The zero-order chi connectivity index (χ0) is 12.2. The van der Waals surface area contributed by atoms with Gasteiger partial charge in [0.2, 0.25) is 0 Å². The van der Waals surface area contributed by atoms with E-state index in [1.165, 1.54) is 7.06 Å². The molecule has 15 heteroatoms. The molecule has 0 aliphatic heterocycles. The van der Waals surface area contributed by atoms with Crippen LogP contribution in [0.2, 0.25) is 0 Å². The van der Waals surface area contributed by atoms with Gasteiger partial charge in [0.1, 0.15) is 0 Å². The molecule has 49 valence electrons. The Kier molecular flexibility index (Phi) is 7.81. The third kappa shape index (κ3) is 4.78. The Morgan fingerprint density at radius 2 is 1.33 bits per heavy atom. The van der Waals surface area contributed by atoms with Crippen molar-refractivity contribution >= 4 is 107 Å². The van der Waals surface area contributed by atoms with Crippen LogP contribution >= 0.6 is 0 Å². The van der Waals surface area contributed by atoms with Gasteiger partial charge in [0.05, 0.1) is 0 Å². The smallest absolute Gasteiger partial charge is 0.00000645 e. The lowest BCUT2D eigenvalue weighted by Crippen LogP contribution is -2.73. The molecular weight excluding hydrogens is 162 g/mol. The molecule has 0 aromatic rings. The zero-order valence-electron chi connectivity index (χ0n) is 8.66. The molecule has 0 aliphatic carbocycles. The summed E-state index contributed by atoms with van der Waals surface area (Å²) < 4.78 is 0. The molecule has 0 unspecified atom stereocenters. The van der Waals surface area contributed by atoms with Crippen LogP contribution in [0.4, 0.5) is 0 Å². The quantitative estimate of drug-likeness (QED) is 0.341. The Bertz CT molecular complexity index is 147. The van der Waals surface area contributed by atoms with E-state index >= 15 is 0 Å². The Hall–Kier alpha value is 0.974. The van der Waals surface area contributed by atoms with Gasteiger partial charge in [0.15, 0.2) is 0 Å². The summed E-state index contributed by atoms with van der Waals surface area (Å²) in [6.45, 7) is 0. The lowest BCUT2D eigenvalue weighted by atomic mass is 8.46. The molecule has 0 N–H and O–H groups in total. The second-order valence-electron chi connectivity index (χ2n) is 3.66. The Labute approximate surface area is 107 Å². The van der Waals surface area contributed by atoms with Crippen molar-refractivity contribution < 1.29 is 0 Å². The van der Waals surface area contributed by atoms with Gasteiger partial charge in [-0.3, -0.25) is 7.06 Å². The molecule has 0 heterocycles. The average molecular weight is 162 g/mol. The fourth-order valence-corrected chi connectivity index (χ4v) is 1.67. The summed E-state index contributed by atoms with van der Waals surface area (Å²) in [5.74, 6) is 0. The lowest BCUT2D eigenvalue weighted by molar-refractivity contribution is 3.40. The third-order valence-corrected chi connectivity index (χ3v) is 2.44. The molecule has 0 aromatic carbocycles. The van der Waals surface area contributed by atoms with Crippen LogP contribution in [-0.4, -0.2) is 107 Å². The van der Waals surface area contributed by atoms with Crippen molar-refractivity contribution in [3.8, 4) is 0 Å². The lowest BCUT2D eigenvalue weighted by Gasteiger charge is -2.56. The molecule has 0 saturated carbocycles. The highest BCUT2D eigenvalue weighted by molar-refractivity contribution is 8.12. The number of hydrogen-bond acceptors (Lipinski definition) is 0. The SMILES string of the molecule is [B]B([B])B(B([B])[B][B-])B(B([B])[B-])B([B-])[B-]. The Morgan fingerprint density at radius 3 is 1.53 bits per heavy atom. The minimum Gasteiger partial charge on any atom is -0.729 e. The van der Waals surface area contributed by atoms with E-state index in [1.807, 2.05) is 0 Å². The van der Waals surface area contributed by atoms with Crippen molar-refractivity contribution in [2.75, 3.05) is 0 Å². The monoisotopic (exact) mass is 165 g/mol. The van der Waals surface area contributed by atoms with Gasteiger partial charge < -0.3 is 37.3 Å². The van der Waals surface area contributed by atoms with E-state index in [-0.39, 0.29) is 0 Å². The van der Waals surface area contributed by atoms with Gasteiger partial charge >= 0.3 is 0 Å². The van der Waals surface area contributed by atoms with Crippen molar-refractivity contribution in [1.82, 2.24) is 0 Å². The van der Waals surface area contributed by atoms with Crippen LogP contribution in [0.25, 0.3) is 0 Å². The summed E-state index contributed by atoms with van der Waals surface area (Å²) in [6.07, 6.45) is -3.77. The Morgan fingerprint density at radius 1 is 0.867 bits per heavy atom. The van der Waals surface area contributed by atoms with Crippen LogP contribution in [0, 0.1) is 0 Å². The molecule has 0 aliphatic rings. The molecule has 0 nitrogen and oxygen atoms in total. The highest BCUT2D eigenvalue weighted by atomic mass is 13.2. The van der Waals surface area contributed by atoms with E-state index in [4.69, 9.17) is 61.9 Å². The predicted octanol–water partition coefficient (Wildman–Crippen LogP) is -5.71. The molecular formula is B15-4. The first-order valence-electron chi connectivity index (χ1n) is 4.67. The van der Waals surface area contributed by atoms with Gasteiger partial charge in [-0.1, -0.05) is 0 Å². The molecule has 0 amide bonds. The first-order valence-corrected chi connectivity index (χ1v) is 4.67. The van der Waals surface area contributed by atoms with Crippen molar-refractivity contribution in [3.05, 3.63) is 0 Å². The summed E-state index contributed by atoms with van der Waals surface area (Å²) in [4.78, 5) is 0. The van der Waals surface area contributed by atoms with Crippen molar-refractivity contribution in [1.29, 1.82) is 0 Å². The average Bonchev–Trinajstić information content (AvgIpc) is 2.10. The predicted molar refractivity (Wildman–Crippen MR) is 86.3 cm³/mol. The number of hydrogen-bond donors (Lipinski definition) is 0. The normalized spacial score (nSPS) is 9.07. The van der Waals surface area contributed by atoms with Gasteiger partial charge in [0.25, 0.3) is 0 Å². The van der Waals surface area contributed by atoms with Crippen molar-refractivity contribution in [3.63, 3.8) is 0 Å². The summed E-state index contributed by atoms with van der Waals surface area (Å²) in [7, 11) is 45.8. The molecule has 0 rings (SSSR count). The van der Waals surface area contributed by atoms with Gasteiger partial charge in [-0.05, 0) is 50.1 Å². The fourth-order valence-electron chi connectivity index (χ4n) is 1.67. The highest BCUT2D eigenvalue weighted by Crippen LogP contribution is 1.98. The molecule has 0 aromatic heterocycles. The first-order chi connectivity index (χ1) is 6.82. The molecule has 0 saturated heterocycles. The molecule has 0 bridgehead atoms. The summed E-state index contributed by atoms with van der Waals surface area (Å²) in [5.41, 5.74) is 0. The molecule has 0 atom stereocenters. The van der Waals surface area contributed by atoms with Crippen LogP contribution in [0.1, 0.15) is 0 Å². The van der Waals surface area contributed by atoms with Crippen molar-refractivity contribution in [2.45, 2.75) is 0 Å². The van der Waals surface area contributed by atoms with E-state index in [9.17, 15) is 0 Å². The molecule has 0 spiro atoms. The van der Waals surface area contributed by atoms with Crippen LogP contribution < -0.4 is 0 Å². The van der Waals surface area contributed by atoms with E-state index < -0.39 is 38.3 Å². The topological polar surface area (TPSA) is 0 Å². The fraction of sp³-hybridized carbons (Fsp3) is 0. The van der Waals surface area contributed by atoms with E-state index in [0.29, 0.717) is 0 Å². The van der Waals surface area contributed by atoms with Gasteiger partial charge in [-0.2, -0.15) is 0 Å². The first kappa shape index (κ1) is 16.0. The van der Waals surface area contributed by atoms with Crippen LogP contribution in [-0.2, 0) is 0 Å². The summed E-state index contributed by atoms with van der Waals surface area (Å²) in [6, 6.07) is 0. The summed E-state index contributed by atoms with van der Waals surface area (Å²) >= 11 is 0. The second kappa shape index (κ2) is 7.33. The third-order valence-electron chi connectivity index (χ3n) is 2.44. The van der Waals surface area contributed by atoms with Crippen LogP contribution in [0.15, 0.2) is 0 Å². The summed E-state index contributed by atoms with van der Waals surface area (Å²) in [5, 5.41) is 0. The molecule has 0 fully saturated rings. The largest absolute Gasteiger partial charge is 0.729 e. The van der Waals surface area contributed by atoms with Gasteiger partial charge in [0, 0.05) is 0 Å². The van der Waals surface area contributed by atoms with Crippen LogP contribution in [0.3, 0.4) is 0 Å². The van der Waals surface area contributed by atoms with Gasteiger partial charge in [-0.15, -0.1) is 6.39 Å². The molecule has 15 heavy (non-hydrogen) atoms. The standard InChI is InChI=1S/B15/c1-9-13(8)15(12(6)7)14(10(2)3)11(4)5/q-4. The molecule has 21 radical (unpaired) electrons. The van der Waals surface area contributed by atoms with Crippen LogP contribution in [0.5, 0.6) is 0 Å². The van der Waals surface area contributed by atoms with Gasteiger partial charge in [-0.25, -0.2) is 6.39 Å². The van der Waals surface area contributed by atoms with E-state index in [1.54, 1.807) is 0 Å². The maximum atomic E-state index is 5.73. The van der Waals surface area contributed by atoms with Crippen molar-refractivity contribution in [2.24, 2.45) is 0 Å². The number of rotatable bonds is 6. The minimum atomic E-state index is -0.754. The van der Waals surface area contributed by atoms with E-state index in [0.717, 1.165) is 0 Å². The maximum Gasteiger partial charge on any atom is -0.00000645 e. The Balaban J connectivity index is 4.84. The zero-order valence-corrected chi connectivity index (χ0v) is 8.66. The van der Waals surface area contributed by atoms with E-state index in [2.05, 4.69) is 0 Å². The second-order valence-corrected chi connectivity index (χ2v) is 3.66. The highest BCUT2D eigenvalue weighted by Gasteiger charge is 2.25. The maximum absolute atomic E-state index is 5.73. The minimum absolute atomic E-state index is 0.463.